The van der Waals surface area contributed by atoms with Gasteiger partial charge in [0.15, 0.2) is 0 Å². The molecule has 27 heavy (non-hydrogen) atoms. The van der Waals surface area contributed by atoms with Gasteiger partial charge in [0.25, 0.3) is 5.91 Å². The van der Waals surface area contributed by atoms with Crippen molar-refractivity contribution >= 4 is 17.3 Å². The second kappa shape index (κ2) is 7.92. The third-order valence-corrected chi connectivity index (χ3v) is 5.10. The molecule has 0 unspecified atom stereocenters. The largest absolute Gasteiger partial charge is 0.378 e. The van der Waals surface area contributed by atoms with Gasteiger partial charge in [0.05, 0.1) is 18.9 Å². The molecule has 2 aliphatic heterocycles. The predicted molar refractivity (Wildman–Crippen MR) is 102 cm³/mol. The Morgan fingerprint density at radius 3 is 2.44 bits per heavy atom. The van der Waals surface area contributed by atoms with Crippen molar-refractivity contribution in [3.63, 3.8) is 0 Å². The first-order valence-corrected chi connectivity index (χ1v) is 9.30. The topological polar surface area (TPSA) is 48.9 Å². The molecule has 1 aromatic heterocycles. The summed E-state index contributed by atoms with van der Waals surface area (Å²) in [6.45, 7) is 5.35. The molecule has 0 N–H and O–H groups in total. The van der Waals surface area contributed by atoms with Crippen LogP contribution in [0.5, 0.6) is 0 Å². The van der Waals surface area contributed by atoms with E-state index in [0.717, 1.165) is 18.8 Å². The average molecular weight is 370 g/mol. The van der Waals surface area contributed by atoms with E-state index in [1.807, 2.05) is 23.1 Å². The van der Waals surface area contributed by atoms with Crippen LogP contribution in [0.2, 0.25) is 0 Å². The Kier molecular flexibility index (Phi) is 5.20. The third-order valence-electron chi connectivity index (χ3n) is 5.10. The van der Waals surface area contributed by atoms with Gasteiger partial charge in [0.1, 0.15) is 11.5 Å². The van der Waals surface area contributed by atoms with Crippen LogP contribution in [0, 0.1) is 5.82 Å². The maximum absolute atomic E-state index is 14.0. The molecule has 0 atom stereocenters. The summed E-state index contributed by atoms with van der Waals surface area (Å²) in [6, 6.07) is 10.5. The Bertz CT molecular complexity index is 802. The van der Waals surface area contributed by atoms with E-state index in [9.17, 15) is 9.18 Å². The summed E-state index contributed by atoms with van der Waals surface area (Å²) in [5, 5.41) is 0. The maximum Gasteiger partial charge on any atom is 0.272 e. The fourth-order valence-electron chi connectivity index (χ4n) is 3.58. The second-order valence-electron chi connectivity index (χ2n) is 6.73. The van der Waals surface area contributed by atoms with Gasteiger partial charge in [-0.15, -0.1) is 0 Å². The summed E-state index contributed by atoms with van der Waals surface area (Å²) in [7, 11) is 0. The minimum atomic E-state index is -0.225. The van der Waals surface area contributed by atoms with E-state index >= 15 is 0 Å². The zero-order valence-electron chi connectivity index (χ0n) is 15.2. The number of halogens is 1. The molecule has 0 bridgehead atoms. The molecule has 2 fully saturated rings. The molecule has 1 aromatic carbocycles. The van der Waals surface area contributed by atoms with Gasteiger partial charge >= 0.3 is 0 Å². The van der Waals surface area contributed by atoms with Gasteiger partial charge in [-0.3, -0.25) is 9.78 Å². The minimum absolute atomic E-state index is 0.0710. The van der Waals surface area contributed by atoms with E-state index in [-0.39, 0.29) is 11.7 Å². The number of para-hydroxylation sites is 1. The third kappa shape index (κ3) is 3.88. The number of anilines is 2. The van der Waals surface area contributed by atoms with Crippen LogP contribution in [0.3, 0.4) is 0 Å². The van der Waals surface area contributed by atoms with E-state index in [1.54, 1.807) is 23.2 Å². The summed E-state index contributed by atoms with van der Waals surface area (Å²) >= 11 is 0. The molecule has 0 saturated carbocycles. The number of ether oxygens (including phenoxy) is 1. The van der Waals surface area contributed by atoms with Gasteiger partial charge in [-0.1, -0.05) is 12.1 Å². The lowest BCUT2D eigenvalue weighted by atomic mass is 10.2. The van der Waals surface area contributed by atoms with Crippen LogP contribution in [0.1, 0.15) is 10.5 Å². The van der Waals surface area contributed by atoms with Gasteiger partial charge in [-0.05, 0) is 24.3 Å². The SMILES string of the molecule is O=C(c1cc(N2CCOCC2)ccn1)N1CCN(c2ccccc2F)CC1. The van der Waals surface area contributed by atoms with Gasteiger partial charge in [-0.2, -0.15) is 0 Å². The summed E-state index contributed by atoms with van der Waals surface area (Å²) in [5.74, 6) is -0.296. The van der Waals surface area contributed by atoms with Crippen LogP contribution in [0.25, 0.3) is 0 Å². The number of carbonyl (C=O) groups excluding carboxylic acids is 1. The standard InChI is InChI=1S/C20H23FN4O2/c21-17-3-1-2-4-19(17)24-7-9-25(10-8-24)20(26)18-15-16(5-6-22-18)23-11-13-27-14-12-23/h1-6,15H,7-14H2. The first-order chi connectivity index (χ1) is 13.2. The molecule has 6 nitrogen and oxygen atoms in total. The summed E-state index contributed by atoms with van der Waals surface area (Å²) in [4.78, 5) is 23.1. The molecule has 0 aliphatic carbocycles. The van der Waals surface area contributed by atoms with Gasteiger partial charge < -0.3 is 19.4 Å². The van der Waals surface area contributed by atoms with E-state index in [1.165, 1.54) is 6.07 Å². The molecule has 142 valence electrons. The van der Waals surface area contributed by atoms with Gasteiger partial charge in [0.2, 0.25) is 0 Å². The number of hydrogen-bond acceptors (Lipinski definition) is 5. The molecule has 3 heterocycles. The van der Waals surface area contributed by atoms with Crippen molar-refractivity contribution in [3.05, 3.63) is 54.1 Å². The van der Waals surface area contributed by atoms with Gasteiger partial charge in [0, 0.05) is 51.2 Å². The van der Waals surface area contributed by atoms with E-state index in [0.29, 0.717) is 50.8 Å². The molecule has 7 heteroatoms. The van der Waals surface area contributed by atoms with E-state index in [4.69, 9.17) is 4.74 Å². The molecule has 2 saturated heterocycles. The Balaban J connectivity index is 1.41. The monoisotopic (exact) mass is 370 g/mol. The number of morpholine rings is 1. The predicted octanol–water partition coefficient (Wildman–Crippen LogP) is 2.02. The zero-order chi connectivity index (χ0) is 18.6. The van der Waals surface area contributed by atoms with Crippen molar-refractivity contribution in [2.45, 2.75) is 0 Å². The van der Waals surface area contributed by atoms with Gasteiger partial charge in [-0.25, -0.2) is 4.39 Å². The Morgan fingerprint density at radius 2 is 1.70 bits per heavy atom. The quantitative estimate of drug-likeness (QED) is 0.827. The van der Waals surface area contributed by atoms with Crippen LogP contribution < -0.4 is 9.80 Å². The van der Waals surface area contributed by atoms with E-state index < -0.39 is 0 Å². The highest BCUT2D eigenvalue weighted by atomic mass is 19.1. The number of benzene rings is 1. The van der Waals surface area contributed by atoms with Crippen LogP contribution in [-0.4, -0.2) is 68.3 Å². The molecular formula is C20H23FN4O2. The Hall–Kier alpha value is -2.67. The fraction of sp³-hybridized carbons (Fsp3) is 0.400. The molecule has 0 radical (unpaired) electrons. The first-order valence-electron chi connectivity index (χ1n) is 9.30. The van der Waals surface area contributed by atoms with Crippen LogP contribution in [0.15, 0.2) is 42.6 Å². The number of amides is 1. The number of nitrogens with zero attached hydrogens (tertiary/aromatic N) is 4. The molecule has 1 amide bonds. The Labute approximate surface area is 158 Å². The number of piperazine rings is 1. The molecular weight excluding hydrogens is 347 g/mol. The van der Waals surface area contributed by atoms with Crippen LogP contribution >= 0.6 is 0 Å². The molecule has 4 rings (SSSR count). The maximum atomic E-state index is 14.0. The summed E-state index contributed by atoms with van der Waals surface area (Å²) in [5.41, 5.74) is 2.05. The molecule has 0 spiro atoms. The number of hydrogen-bond donors (Lipinski definition) is 0. The lowest BCUT2D eigenvalue weighted by molar-refractivity contribution is 0.0740. The number of carbonyl (C=O) groups is 1. The minimum Gasteiger partial charge on any atom is -0.378 e. The van der Waals surface area contributed by atoms with Crippen molar-refractivity contribution in [3.8, 4) is 0 Å². The average Bonchev–Trinajstić information content (AvgIpc) is 2.74. The summed E-state index contributed by atoms with van der Waals surface area (Å²) in [6.07, 6.45) is 1.69. The van der Waals surface area contributed by atoms with Crippen LogP contribution in [-0.2, 0) is 4.74 Å². The number of rotatable bonds is 3. The van der Waals surface area contributed by atoms with Crippen molar-refractivity contribution in [1.82, 2.24) is 9.88 Å². The molecule has 2 aliphatic rings. The highest BCUT2D eigenvalue weighted by Crippen LogP contribution is 2.21. The number of aromatic nitrogens is 1. The summed E-state index contributed by atoms with van der Waals surface area (Å²) < 4.78 is 19.4. The zero-order valence-corrected chi connectivity index (χ0v) is 15.2. The smallest absolute Gasteiger partial charge is 0.272 e. The molecule has 2 aromatic rings. The van der Waals surface area contributed by atoms with Crippen molar-refractivity contribution in [2.24, 2.45) is 0 Å². The van der Waals surface area contributed by atoms with Crippen molar-refractivity contribution in [2.75, 3.05) is 62.3 Å². The lowest BCUT2D eigenvalue weighted by Gasteiger charge is -2.36. The van der Waals surface area contributed by atoms with Crippen molar-refractivity contribution < 1.29 is 13.9 Å². The van der Waals surface area contributed by atoms with E-state index in [2.05, 4.69) is 9.88 Å². The fourth-order valence-corrected chi connectivity index (χ4v) is 3.58. The van der Waals surface area contributed by atoms with Crippen LogP contribution in [0.4, 0.5) is 15.8 Å². The Morgan fingerprint density at radius 1 is 0.963 bits per heavy atom. The second-order valence-corrected chi connectivity index (χ2v) is 6.73. The highest BCUT2D eigenvalue weighted by molar-refractivity contribution is 5.93. The number of pyridine rings is 1. The first kappa shape index (κ1) is 17.7. The lowest BCUT2D eigenvalue weighted by Crippen LogP contribution is -2.49. The normalized spacial score (nSPS) is 17.9. The highest BCUT2D eigenvalue weighted by Gasteiger charge is 2.25. The van der Waals surface area contributed by atoms with Crippen molar-refractivity contribution in [1.29, 1.82) is 0 Å².